The zero-order valence-corrected chi connectivity index (χ0v) is 12.9. The second-order valence-electron chi connectivity index (χ2n) is 4.27. The van der Waals surface area contributed by atoms with Gasteiger partial charge in [-0.15, -0.1) is 0 Å². The zero-order valence-electron chi connectivity index (χ0n) is 11.3. The molecule has 1 amide bonds. The van der Waals surface area contributed by atoms with Crippen LogP contribution in [-0.4, -0.2) is 27.1 Å². The lowest BCUT2D eigenvalue weighted by atomic mass is 10.3. The lowest BCUT2D eigenvalue weighted by Gasteiger charge is -2.01. The number of hydrogen-bond acceptors (Lipinski definition) is 7. The summed E-state index contributed by atoms with van der Waals surface area (Å²) in [5.41, 5.74) is 0.0812. The molecule has 1 aliphatic rings. The third-order valence-corrected chi connectivity index (χ3v) is 3.84. The Hall–Kier alpha value is -2.65. The Morgan fingerprint density at radius 3 is 2.91 bits per heavy atom. The van der Waals surface area contributed by atoms with E-state index in [9.17, 15) is 9.59 Å². The monoisotopic (exact) mass is 348 g/mol. The molecule has 1 fully saturated rings. The van der Waals surface area contributed by atoms with Gasteiger partial charge in [-0.25, -0.2) is 9.78 Å². The summed E-state index contributed by atoms with van der Waals surface area (Å²) in [4.78, 5) is 26.7. The molecule has 23 heavy (non-hydrogen) atoms. The third kappa shape index (κ3) is 3.41. The minimum atomic E-state index is -1.07. The molecule has 3 rings (SSSR count). The molecule has 3 heterocycles. The van der Waals surface area contributed by atoms with Crippen molar-refractivity contribution in [2.24, 2.45) is 0 Å². The first-order valence-electron chi connectivity index (χ1n) is 6.24. The van der Waals surface area contributed by atoms with Crippen LogP contribution in [-0.2, 0) is 9.53 Å². The number of hydrogen-bond donors (Lipinski definition) is 2. The van der Waals surface area contributed by atoms with Crippen molar-refractivity contribution in [2.75, 3.05) is 0 Å². The van der Waals surface area contributed by atoms with Gasteiger partial charge in [0.2, 0.25) is 0 Å². The quantitative estimate of drug-likeness (QED) is 0.641. The van der Waals surface area contributed by atoms with Crippen molar-refractivity contribution in [3.8, 4) is 0 Å². The van der Waals surface area contributed by atoms with Crippen molar-refractivity contribution in [2.45, 2.75) is 10.1 Å². The number of pyridine rings is 1. The summed E-state index contributed by atoms with van der Waals surface area (Å²) in [5.74, 6) is -1.11. The van der Waals surface area contributed by atoms with E-state index in [1.807, 2.05) is 0 Å². The second-order valence-corrected chi connectivity index (χ2v) is 5.64. The summed E-state index contributed by atoms with van der Waals surface area (Å²) in [5, 5.41) is 12.2. The van der Waals surface area contributed by atoms with E-state index in [1.54, 1.807) is 18.2 Å². The highest BCUT2D eigenvalue weighted by Gasteiger charge is 2.23. The Kier molecular flexibility index (Phi) is 4.13. The van der Waals surface area contributed by atoms with E-state index in [1.165, 1.54) is 18.3 Å². The summed E-state index contributed by atoms with van der Waals surface area (Å²) in [6, 6.07) is 6.27. The fourth-order valence-corrected chi connectivity index (χ4v) is 2.77. The predicted octanol–water partition coefficient (Wildman–Crippen LogP) is 2.30. The molecule has 9 heteroatoms. The van der Waals surface area contributed by atoms with Gasteiger partial charge in [0.1, 0.15) is 10.8 Å². The Balaban J connectivity index is 1.81. The second kappa shape index (κ2) is 6.23. The summed E-state index contributed by atoms with van der Waals surface area (Å²) in [7, 11) is 0. The lowest BCUT2D eigenvalue weighted by molar-refractivity contribution is -0.116. The van der Waals surface area contributed by atoms with Crippen molar-refractivity contribution in [3.05, 3.63) is 47.5 Å². The zero-order chi connectivity index (χ0) is 16.4. The van der Waals surface area contributed by atoms with Crippen molar-refractivity contribution in [1.82, 2.24) is 10.3 Å². The number of aromatic nitrogens is 1. The Morgan fingerprint density at radius 2 is 2.22 bits per heavy atom. The van der Waals surface area contributed by atoms with E-state index in [4.69, 9.17) is 26.5 Å². The van der Waals surface area contributed by atoms with E-state index in [0.717, 1.165) is 11.8 Å². The topological polar surface area (TPSA) is 102 Å². The molecule has 116 valence electrons. The van der Waals surface area contributed by atoms with Gasteiger partial charge in [-0.2, -0.15) is 0 Å². The Bertz CT molecular complexity index is 843. The van der Waals surface area contributed by atoms with Crippen molar-refractivity contribution in [3.63, 3.8) is 0 Å². The summed E-state index contributed by atoms with van der Waals surface area (Å²) < 4.78 is 10.5. The largest absolute Gasteiger partial charge is 0.478 e. The molecule has 0 bridgehead atoms. The van der Waals surface area contributed by atoms with Crippen LogP contribution < -0.4 is 5.32 Å². The molecule has 2 aromatic rings. The van der Waals surface area contributed by atoms with Gasteiger partial charge >= 0.3 is 5.97 Å². The van der Waals surface area contributed by atoms with Gasteiger partial charge < -0.3 is 14.3 Å². The number of carbonyl (C=O) groups excluding carboxylic acids is 1. The van der Waals surface area contributed by atoms with Crippen LogP contribution in [0.25, 0.3) is 6.08 Å². The number of rotatable bonds is 4. The van der Waals surface area contributed by atoms with Crippen LogP contribution in [0.1, 0.15) is 16.1 Å². The molecule has 0 aliphatic carbocycles. The molecule has 1 saturated heterocycles. The normalized spacial score (nSPS) is 15.6. The predicted molar refractivity (Wildman–Crippen MR) is 83.8 cm³/mol. The van der Waals surface area contributed by atoms with E-state index >= 15 is 0 Å². The third-order valence-electron chi connectivity index (χ3n) is 2.72. The van der Waals surface area contributed by atoms with E-state index in [2.05, 4.69) is 10.3 Å². The van der Waals surface area contributed by atoms with Gasteiger partial charge in [0.15, 0.2) is 10.9 Å². The van der Waals surface area contributed by atoms with Crippen LogP contribution >= 0.6 is 24.0 Å². The minimum Gasteiger partial charge on any atom is -0.478 e. The van der Waals surface area contributed by atoms with Gasteiger partial charge in [-0.1, -0.05) is 0 Å². The van der Waals surface area contributed by atoms with Crippen LogP contribution in [0.2, 0.25) is 0 Å². The number of aromatic carboxylic acids is 1. The molecule has 0 saturated carbocycles. The molecule has 2 N–H and O–H groups in total. The summed E-state index contributed by atoms with van der Waals surface area (Å²) in [6.07, 6.45) is 2.90. The molecule has 1 aliphatic heterocycles. The molecular formula is C14H8N2O5S2. The first-order valence-corrected chi connectivity index (χ1v) is 7.46. The molecule has 0 atom stereocenters. The number of carboxylic acid groups (broad SMARTS) is 1. The van der Waals surface area contributed by atoms with E-state index in [-0.39, 0.29) is 16.5 Å². The lowest BCUT2D eigenvalue weighted by Crippen LogP contribution is -2.18. The Labute approximate surface area is 139 Å². The highest BCUT2D eigenvalue weighted by atomic mass is 32.2. The molecule has 0 unspecified atom stereocenters. The molecule has 0 spiro atoms. The average molecular weight is 348 g/mol. The molecule has 7 nitrogen and oxygen atoms in total. The number of carboxylic acids is 1. The first-order chi connectivity index (χ1) is 11.0. The highest BCUT2D eigenvalue weighted by molar-refractivity contribution is 7.99. The number of ether oxygens (including phenoxy) is 1. The number of furan rings is 1. The first kappa shape index (κ1) is 15.3. The van der Waals surface area contributed by atoms with Gasteiger partial charge in [0.25, 0.3) is 11.1 Å². The van der Waals surface area contributed by atoms with Crippen LogP contribution in [0.3, 0.4) is 0 Å². The van der Waals surface area contributed by atoms with Crippen LogP contribution in [0.15, 0.2) is 50.8 Å². The summed E-state index contributed by atoms with van der Waals surface area (Å²) in [6.45, 7) is 0. The fourth-order valence-electron chi connectivity index (χ4n) is 1.75. The number of amides is 1. The van der Waals surface area contributed by atoms with Crippen molar-refractivity contribution in [1.29, 1.82) is 0 Å². The van der Waals surface area contributed by atoms with Crippen LogP contribution in [0, 0.1) is 0 Å². The maximum Gasteiger partial charge on any atom is 0.338 e. The van der Waals surface area contributed by atoms with Crippen LogP contribution in [0.4, 0.5) is 0 Å². The number of nitrogens with one attached hydrogen (secondary N) is 1. The van der Waals surface area contributed by atoms with Crippen LogP contribution in [0.5, 0.6) is 0 Å². The maximum atomic E-state index is 11.5. The molecule has 0 radical (unpaired) electrons. The van der Waals surface area contributed by atoms with Gasteiger partial charge in [0.05, 0.1) is 5.56 Å². The van der Waals surface area contributed by atoms with Crippen molar-refractivity contribution < 1.29 is 23.8 Å². The summed E-state index contributed by atoms with van der Waals surface area (Å²) >= 11 is 5.79. The Morgan fingerprint density at radius 1 is 1.39 bits per heavy atom. The van der Waals surface area contributed by atoms with Gasteiger partial charge in [0, 0.05) is 12.3 Å². The van der Waals surface area contributed by atoms with Gasteiger partial charge in [-0.05, 0) is 48.2 Å². The van der Waals surface area contributed by atoms with E-state index in [0.29, 0.717) is 15.9 Å². The number of carbonyl (C=O) groups is 2. The SMILES string of the molecule is O=C1NC(=S)O/C1=C\c1ccc(Sc2ncccc2C(=O)O)o1. The maximum absolute atomic E-state index is 11.5. The van der Waals surface area contributed by atoms with Gasteiger partial charge in [-0.3, -0.25) is 10.1 Å². The molecule has 2 aromatic heterocycles. The fraction of sp³-hybridized carbons (Fsp3) is 0. The number of thiocarbonyl (C=S) groups is 1. The minimum absolute atomic E-state index is 0.0120. The molecular weight excluding hydrogens is 340 g/mol. The number of nitrogens with zero attached hydrogens (tertiary/aromatic N) is 1. The smallest absolute Gasteiger partial charge is 0.338 e. The highest BCUT2D eigenvalue weighted by Crippen LogP contribution is 2.30. The molecule has 0 aromatic carbocycles. The standard InChI is InChI=1S/C14H8N2O5S2/c17-11-9(21-14(22)16-11)6-7-3-4-10(20-7)23-12-8(13(18)19)2-1-5-15-12/h1-6H,(H,18,19)(H,16,17,22)/b9-6-. The van der Waals surface area contributed by atoms with E-state index < -0.39 is 11.9 Å². The average Bonchev–Trinajstić information content (AvgIpc) is 3.06. The van der Waals surface area contributed by atoms with Crippen molar-refractivity contribution >= 4 is 47.1 Å².